The first-order valence-corrected chi connectivity index (χ1v) is 28.7. The number of halogens is 2. The van der Waals surface area contributed by atoms with Gasteiger partial charge in [0.2, 0.25) is 23.6 Å². The number of alkyl halides is 2. The van der Waals surface area contributed by atoms with Crippen LogP contribution in [0.1, 0.15) is 130 Å². The van der Waals surface area contributed by atoms with Crippen LogP contribution in [0.5, 0.6) is 5.75 Å². The average Bonchev–Trinajstić information content (AvgIpc) is 4.14. The van der Waals surface area contributed by atoms with Gasteiger partial charge in [0, 0.05) is 67.2 Å². The number of hydrogen-bond acceptors (Lipinski definition) is 11. The summed E-state index contributed by atoms with van der Waals surface area (Å²) in [5.74, 6) is 2.13. The lowest BCUT2D eigenvalue weighted by Gasteiger charge is -2.43. The number of unbranched alkanes of at least 4 members (excludes halogenated alkanes) is 2. The molecule has 8 amide bonds. The Hall–Kier alpha value is -7.63. The normalized spacial score (nSPS) is 18.9. The molecule has 0 bridgehead atoms. The number of nitrogens with one attached hydrogen (secondary N) is 3. The lowest BCUT2D eigenvalue weighted by molar-refractivity contribution is -0.150. The molecule has 0 saturated carbocycles. The zero-order chi connectivity index (χ0) is 57.3. The van der Waals surface area contributed by atoms with Crippen molar-refractivity contribution in [2.75, 3.05) is 26.2 Å². The summed E-state index contributed by atoms with van der Waals surface area (Å²) in [6.45, 7) is 6.17. The van der Waals surface area contributed by atoms with E-state index in [2.05, 4.69) is 27.8 Å². The Bertz CT molecular complexity index is 3440. The first-order valence-electron chi connectivity index (χ1n) is 26.3. The third-order valence-electron chi connectivity index (χ3n) is 14.8. The first kappa shape index (κ1) is 57.1. The van der Waals surface area contributed by atoms with Crippen molar-refractivity contribution in [1.82, 2.24) is 30.7 Å². The van der Waals surface area contributed by atoms with E-state index in [0.717, 1.165) is 52.3 Å². The Kier molecular flexibility index (Phi) is 16.6. The van der Waals surface area contributed by atoms with Crippen molar-refractivity contribution in [1.29, 1.82) is 0 Å². The van der Waals surface area contributed by atoms with Crippen molar-refractivity contribution < 1.29 is 66.2 Å². The van der Waals surface area contributed by atoms with Crippen molar-refractivity contribution in [3.05, 3.63) is 135 Å². The van der Waals surface area contributed by atoms with Gasteiger partial charge in [-0.2, -0.15) is 8.78 Å². The Morgan fingerprint density at radius 1 is 0.912 bits per heavy atom. The summed E-state index contributed by atoms with van der Waals surface area (Å²) in [5.41, 5.74) is -3.15. The molecule has 5 N–H and O–H groups in total. The predicted molar refractivity (Wildman–Crippen MR) is 290 cm³/mol. The highest BCUT2D eigenvalue weighted by molar-refractivity contribution is 7.52. The quantitative estimate of drug-likeness (QED) is 0.0316. The molecule has 0 radical (unpaired) electrons. The molecular weight excluding hydrogens is 1070 g/mol. The van der Waals surface area contributed by atoms with Crippen molar-refractivity contribution in [2.24, 2.45) is 5.41 Å². The van der Waals surface area contributed by atoms with Gasteiger partial charge in [-0.15, -0.1) is 11.3 Å². The van der Waals surface area contributed by atoms with Gasteiger partial charge in [0.25, 0.3) is 23.6 Å². The maximum atomic E-state index is 15.2. The standard InChI is InChI=1S/C58H59F2N6O12PS/c1-57(2,3)50(63-52(70)46-30-38-27-40(20-23-45(38)80-46)58(59,60)79(75,76)77)56(74)65-32-39-28-41(21-19-36(39)29-44(65)54(72)64-26-12-17-37(31-64)34-13-8-6-9-14-34)78-33-48(68)61-25-10-5-4-7-15-35-16-11-18-42-49(35)55(73)66(53(42)71)43-22-24-47(67)62-51(43)69/h6,8-9,11,13-14,16,18-21,23,27-28,30,37,43-44,50H,4-5,10,12,17,22,24-26,29,31-33H2,1-3H3,(H,61,68)(H,63,70)(H,62,67,69)(H2,75,76,77)/t37-,43?,44-,50?/m0/s1. The van der Waals surface area contributed by atoms with Gasteiger partial charge < -0.3 is 35.0 Å². The second-order valence-electron chi connectivity index (χ2n) is 21.4. The summed E-state index contributed by atoms with van der Waals surface area (Å²) in [7, 11) is -5.86. The van der Waals surface area contributed by atoms with Crippen LogP contribution >= 0.6 is 18.9 Å². The molecule has 0 spiro atoms. The minimum Gasteiger partial charge on any atom is -0.484 e. The fourth-order valence-electron chi connectivity index (χ4n) is 10.6. The van der Waals surface area contributed by atoms with E-state index in [1.165, 1.54) is 23.1 Å². The van der Waals surface area contributed by atoms with Crippen molar-refractivity contribution in [3.63, 3.8) is 0 Å². The Morgan fingerprint density at radius 2 is 1.69 bits per heavy atom. The largest absolute Gasteiger partial charge is 0.484 e. The molecule has 2 unspecified atom stereocenters. The van der Waals surface area contributed by atoms with Crippen molar-refractivity contribution >= 4 is 76.3 Å². The molecule has 5 heterocycles. The van der Waals surface area contributed by atoms with Crippen LogP contribution < -0.4 is 20.7 Å². The van der Waals surface area contributed by atoms with Crippen LogP contribution in [-0.2, 0) is 47.2 Å². The van der Waals surface area contributed by atoms with Gasteiger partial charge in [0.1, 0.15) is 23.9 Å². The predicted octanol–water partition coefficient (Wildman–Crippen LogP) is 6.75. The van der Waals surface area contributed by atoms with E-state index in [1.54, 1.807) is 49.9 Å². The number of likely N-dealkylation sites (tertiary alicyclic amines) is 1. The molecular formula is C58H59F2N6O12PS. The first-order chi connectivity index (χ1) is 38.0. The van der Waals surface area contributed by atoms with E-state index >= 15 is 4.79 Å². The highest BCUT2D eigenvalue weighted by Gasteiger charge is 2.51. The molecule has 2 saturated heterocycles. The minimum absolute atomic E-state index is 0.00675. The highest BCUT2D eigenvalue weighted by atomic mass is 32.1. The number of rotatable bonds is 15. The topological polar surface area (TPSA) is 249 Å². The fraction of sp³-hybridized carbons (Fsp3) is 0.379. The zero-order valence-corrected chi connectivity index (χ0v) is 45.8. The van der Waals surface area contributed by atoms with Gasteiger partial charge >= 0.3 is 13.3 Å². The molecule has 4 aliphatic rings. The number of ether oxygens (including phenoxy) is 1. The van der Waals surface area contributed by atoms with Gasteiger partial charge in [0.05, 0.1) is 16.0 Å². The molecule has 5 aromatic rings. The summed E-state index contributed by atoms with van der Waals surface area (Å²) in [4.78, 5) is 131. The SMILES string of the molecule is CC(C)(C)C(NC(=O)c1cc2cc(C(F)(F)P(=O)(O)O)ccc2s1)C(=O)N1Cc2cc(OCC(=O)NCCCCC#Cc3cccc4c3C(=O)N(C3CCC(=O)NC3=O)C4=O)ccc2C[C@H]1C(=O)N1CCC[C@H](c2ccccc2)C1. The minimum atomic E-state index is -5.86. The fourth-order valence-corrected chi connectivity index (χ4v) is 12.0. The highest BCUT2D eigenvalue weighted by Crippen LogP contribution is 2.59. The molecule has 9 rings (SSSR count). The Labute approximate surface area is 463 Å². The number of thiophene rings is 1. The van der Waals surface area contributed by atoms with E-state index in [9.17, 15) is 56.7 Å². The molecule has 0 aliphatic carbocycles. The monoisotopic (exact) mass is 1130 g/mol. The van der Waals surface area contributed by atoms with E-state index in [1.807, 2.05) is 36.4 Å². The van der Waals surface area contributed by atoms with Crippen LogP contribution in [0, 0.1) is 17.3 Å². The third kappa shape index (κ3) is 12.1. The van der Waals surface area contributed by atoms with E-state index in [0.29, 0.717) is 60.5 Å². The summed E-state index contributed by atoms with van der Waals surface area (Å²) >= 11 is 0.951. The summed E-state index contributed by atoms with van der Waals surface area (Å²) in [6, 6.07) is 21.0. The van der Waals surface area contributed by atoms with Crippen LogP contribution in [0.15, 0.2) is 91.0 Å². The van der Waals surface area contributed by atoms with Crippen molar-refractivity contribution in [3.8, 4) is 17.6 Å². The van der Waals surface area contributed by atoms with Gasteiger partial charge in [-0.3, -0.25) is 53.1 Å². The molecule has 18 nitrogen and oxygen atoms in total. The molecule has 80 heavy (non-hydrogen) atoms. The molecule has 2 fully saturated rings. The summed E-state index contributed by atoms with van der Waals surface area (Å²) in [5, 5.41) is 8.02. The number of fused-ring (bicyclic) bond motifs is 3. The number of hydrogen-bond donors (Lipinski definition) is 5. The molecule has 22 heteroatoms. The molecule has 4 aromatic carbocycles. The van der Waals surface area contributed by atoms with Crippen molar-refractivity contribution in [2.45, 2.75) is 108 Å². The van der Waals surface area contributed by atoms with Gasteiger partial charge in [0.15, 0.2) is 6.61 Å². The maximum absolute atomic E-state index is 15.2. The van der Waals surface area contributed by atoms with Crippen LogP contribution in [-0.4, -0.2) is 116 Å². The van der Waals surface area contributed by atoms with E-state index in [4.69, 9.17) is 4.74 Å². The number of nitrogens with zero attached hydrogens (tertiary/aromatic N) is 3. The number of carbonyl (C=O) groups is 8. The molecule has 4 aliphatic heterocycles. The Balaban J connectivity index is 0.847. The molecule has 4 atom stereocenters. The average molecular weight is 1130 g/mol. The lowest BCUT2D eigenvalue weighted by atomic mass is 9.83. The molecule has 1 aromatic heterocycles. The van der Waals surface area contributed by atoms with Crippen LogP contribution in [0.2, 0.25) is 0 Å². The lowest BCUT2D eigenvalue weighted by Crippen LogP contribution is -2.61. The van der Waals surface area contributed by atoms with Crippen LogP contribution in [0.3, 0.4) is 0 Å². The van der Waals surface area contributed by atoms with Crippen LogP contribution in [0.25, 0.3) is 10.1 Å². The smallest absolute Gasteiger partial charge is 0.399 e. The number of imide groups is 2. The van der Waals surface area contributed by atoms with Crippen LogP contribution in [0.4, 0.5) is 8.78 Å². The maximum Gasteiger partial charge on any atom is 0.399 e. The van der Waals surface area contributed by atoms with E-state index < -0.39 is 83.7 Å². The second kappa shape index (κ2) is 23.2. The zero-order valence-electron chi connectivity index (χ0n) is 44.1. The number of carbonyl (C=O) groups excluding carboxylic acids is 8. The summed E-state index contributed by atoms with van der Waals surface area (Å²) in [6.07, 6.45) is 3.39. The van der Waals surface area contributed by atoms with Gasteiger partial charge in [-0.25, -0.2) is 0 Å². The third-order valence-corrected chi connectivity index (χ3v) is 16.9. The van der Waals surface area contributed by atoms with Gasteiger partial charge in [-0.1, -0.05) is 81.1 Å². The number of amides is 8. The number of benzene rings is 4. The summed E-state index contributed by atoms with van der Waals surface area (Å²) < 4.78 is 47.3. The number of piperidine rings is 2. The van der Waals surface area contributed by atoms with Gasteiger partial charge in [-0.05, 0) is 102 Å². The Morgan fingerprint density at radius 3 is 2.42 bits per heavy atom. The second-order valence-corrected chi connectivity index (χ2v) is 24.2. The van der Waals surface area contributed by atoms with E-state index in [-0.39, 0.29) is 65.6 Å². The molecule has 418 valence electrons.